The zero-order valence-electron chi connectivity index (χ0n) is 17.4. The van der Waals surface area contributed by atoms with Crippen LogP contribution in [0.1, 0.15) is 23.2 Å². The molecule has 1 aliphatic rings. The number of nitrogens with zero attached hydrogens (tertiary/aromatic N) is 4. The maximum absolute atomic E-state index is 12.7. The molecule has 166 valence electrons. The first kappa shape index (κ1) is 21.9. The number of H-pyrrole nitrogens is 1. The fraction of sp³-hybridized carbons (Fsp3) is 0.318. The number of tetrazole rings is 1. The van der Waals surface area contributed by atoms with Crippen molar-refractivity contribution < 1.29 is 9.59 Å². The van der Waals surface area contributed by atoms with Gasteiger partial charge in [-0.25, -0.2) is 0 Å². The molecule has 1 fully saturated rings. The molecule has 4 rings (SSSR count). The molecule has 0 radical (unpaired) electrons. The molecule has 1 saturated heterocycles. The SMILES string of the molecule is O=C(CN1CCCC(CNC(=O)c2ccccc2)C1)Nc1cc(Cl)ccc1-c1nn[nH]n1. The highest BCUT2D eigenvalue weighted by Gasteiger charge is 2.23. The van der Waals surface area contributed by atoms with Gasteiger partial charge in [-0.05, 0) is 60.8 Å². The van der Waals surface area contributed by atoms with Crippen LogP contribution in [-0.4, -0.2) is 63.5 Å². The lowest BCUT2D eigenvalue weighted by Gasteiger charge is -2.32. The molecule has 1 aromatic heterocycles. The normalized spacial score (nSPS) is 16.5. The molecule has 10 heteroatoms. The number of hydrogen-bond acceptors (Lipinski definition) is 6. The third-order valence-electron chi connectivity index (χ3n) is 5.40. The van der Waals surface area contributed by atoms with E-state index in [-0.39, 0.29) is 18.4 Å². The summed E-state index contributed by atoms with van der Waals surface area (Å²) >= 11 is 6.12. The summed E-state index contributed by atoms with van der Waals surface area (Å²) in [7, 11) is 0. The van der Waals surface area contributed by atoms with Crippen LogP contribution in [0.2, 0.25) is 5.02 Å². The lowest BCUT2D eigenvalue weighted by molar-refractivity contribution is -0.117. The Morgan fingerprint density at radius 2 is 2.03 bits per heavy atom. The van der Waals surface area contributed by atoms with Gasteiger partial charge in [0.05, 0.1) is 12.2 Å². The number of carbonyl (C=O) groups excluding carboxylic acids is 2. The Balaban J connectivity index is 1.31. The summed E-state index contributed by atoms with van der Waals surface area (Å²) in [5, 5.41) is 20.4. The van der Waals surface area contributed by atoms with E-state index in [0.29, 0.717) is 40.1 Å². The molecule has 1 unspecified atom stereocenters. The quantitative estimate of drug-likeness (QED) is 0.506. The second kappa shape index (κ2) is 10.3. The maximum Gasteiger partial charge on any atom is 0.251 e. The number of aromatic nitrogens is 4. The van der Waals surface area contributed by atoms with Gasteiger partial charge in [-0.3, -0.25) is 14.5 Å². The van der Waals surface area contributed by atoms with Gasteiger partial charge in [0.25, 0.3) is 5.91 Å². The van der Waals surface area contributed by atoms with Crippen LogP contribution in [0, 0.1) is 5.92 Å². The first-order valence-electron chi connectivity index (χ1n) is 10.5. The van der Waals surface area contributed by atoms with Crippen LogP contribution in [0.5, 0.6) is 0 Å². The number of aromatic amines is 1. The molecule has 3 N–H and O–H groups in total. The molecule has 32 heavy (non-hydrogen) atoms. The Morgan fingerprint density at radius 1 is 1.19 bits per heavy atom. The van der Waals surface area contributed by atoms with Crippen LogP contribution in [0.3, 0.4) is 0 Å². The second-order valence-electron chi connectivity index (χ2n) is 7.79. The number of amides is 2. The number of anilines is 1. The average Bonchev–Trinajstić information content (AvgIpc) is 3.33. The molecule has 2 aromatic carbocycles. The van der Waals surface area contributed by atoms with E-state index in [0.717, 1.165) is 25.9 Å². The summed E-state index contributed by atoms with van der Waals surface area (Å²) < 4.78 is 0. The lowest BCUT2D eigenvalue weighted by Crippen LogP contribution is -2.43. The van der Waals surface area contributed by atoms with E-state index in [1.807, 2.05) is 18.2 Å². The Labute approximate surface area is 190 Å². The van der Waals surface area contributed by atoms with E-state index in [1.165, 1.54) is 0 Å². The predicted molar refractivity (Wildman–Crippen MR) is 121 cm³/mol. The third-order valence-corrected chi connectivity index (χ3v) is 5.63. The van der Waals surface area contributed by atoms with E-state index in [2.05, 4.69) is 36.2 Å². The smallest absolute Gasteiger partial charge is 0.251 e. The highest BCUT2D eigenvalue weighted by atomic mass is 35.5. The molecule has 0 bridgehead atoms. The molecule has 3 aromatic rings. The van der Waals surface area contributed by atoms with Crippen molar-refractivity contribution in [2.24, 2.45) is 5.92 Å². The molecule has 0 spiro atoms. The Kier molecular flexibility index (Phi) is 7.08. The monoisotopic (exact) mass is 453 g/mol. The third kappa shape index (κ3) is 5.68. The molecule has 2 amide bonds. The van der Waals surface area contributed by atoms with Gasteiger partial charge in [0.2, 0.25) is 11.7 Å². The number of likely N-dealkylation sites (tertiary alicyclic amines) is 1. The van der Waals surface area contributed by atoms with Crippen LogP contribution in [0.15, 0.2) is 48.5 Å². The van der Waals surface area contributed by atoms with Gasteiger partial charge in [-0.1, -0.05) is 29.8 Å². The molecule has 2 heterocycles. The first-order valence-corrected chi connectivity index (χ1v) is 10.8. The fourth-order valence-electron chi connectivity index (χ4n) is 3.87. The minimum Gasteiger partial charge on any atom is -0.352 e. The zero-order chi connectivity index (χ0) is 22.3. The van der Waals surface area contributed by atoms with Crippen LogP contribution in [0.4, 0.5) is 5.69 Å². The minimum absolute atomic E-state index is 0.0737. The number of carbonyl (C=O) groups is 2. The molecule has 0 saturated carbocycles. The average molecular weight is 454 g/mol. The Morgan fingerprint density at radius 3 is 2.81 bits per heavy atom. The van der Waals surface area contributed by atoms with Gasteiger partial charge in [-0.2, -0.15) is 5.21 Å². The second-order valence-corrected chi connectivity index (χ2v) is 8.23. The van der Waals surface area contributed by atoms with Gasteiger partial charge < -0.3 is 10.6 Å². The number of piperidine rings is 1. The number of rotatable bonds is 7. The van der Waals surface area contributed by atoms with Crippen molar-refractivity contribution >= 4 is 29.1 Å². The van der Waals surface area contributed by atoms with E-state index in [9.17, 15) is 9.59 Å². The zero-order valence-corrected chi connectivity index (χ0v) is 18.2. The van der Waals surface area contributed by atoms with E-state index < -0.39 is 0 Å². The van der Waals surface area contributed by atoms with Crippen molar-refractivity contribution in [3.63, 3.8) is 0 Å². The number of halogens is 1. The van der Waals surface area contributed by atoms with Crippen LogP contribution < -0.4 is 10.6 Å². The summed E-state index contributed by atoms with van der Waals surface area (Å²) in [4.78, 5) is 27.1. The van der Waals surface area contributed by atoms with Crippen molar-refractivity contribution in [2.75, 3.05) is 31.5 Å². The van der Waals surface area contributed by atoms with Gasteiger partial charge in [0.15, 0.2) is 0 Å². The van der Waals surface area contributed by atoms with Gasteiger partial charge in [-0.15, -0.1) is 10.2 Å². The van der Waals surface area contributed by atoms with E-state index >= 15 is 0 Å². The van der Waals surface area contributed by atoms with Gasteiger partial charge in [0, 0.05) is 29.2 Å². The molecule has 1 aliphatic heterocycles. The van der Waals surface area contributed by atoms with Crippen molar-refractivity contribution in [2.45, 2.75) is 12.8 Å². The van der Waals surface area contributed by atoms with Crippen LogP contribution in [-0.2, 0) is 4.79 Å². The number of hydrogen-bond donors (Lipinski definition) is 3. The van der Waals surface area contributed by atoms with Crippen molar-refractivity contribution in [3.05, 3.63) is 59.1 Å². The number of nitrogens with one attached hydrogen (secondary N) is 3. The molecule has 0 aliphatic carbocycles. The largest absolute Gasteiger partial charge is 0.352 e. The summed E-state index contributed by atoms with van der Waals surface area (Å²) in [6.45, 7) is 2.42. The summed E-state index contributed by atoms with van der Waals surface area (Å²) in [5.74, 6) is 0.454. The predicted octanol–water partition coefficient (Wildman–Crippen LogP) is 2.60. The fourth-order valence-corrected chi connectivity index (χ4v) is 4.05. The van der Waals surface area contributed by atoms with Crippen LogP contribution >= 0.6 is 11.6 Å². The van der Waals surface area contributed by atoms with Crippen LogP contribution in [0.25, 0.3) is 11.4 Å². The highest BCUT2D eigenvalue weighted by molar-refractivity contribution is 6.31. The van der Waals surface area contributed by atoms with E-state index in [4.69, 9.17) is 11.6 Å². The van der Waals surface area contributed by atoms with Gasteiger partial charge >= 0.3 is 0 Å². The molecular formula is C22H24ClN7O2. The Hall–Kier alpha value is -3.30. The summed E-state index contributed by atoms with van der Waals surface area (Å²) in [6, 6.07) is 14.3. The van der Waals surface area contributed by atoms with Crippen molar-refractivity contribution in [1.29, 1.82) is 0 Å². The maximum atomic E-state index is 12.7. The van der Waals surface area contributed by atoms with Crippen molar-refractivity contribution in [3.8, 4) is 11.4 Å². The summed E-state index contributed by atoms with van der Waals surface area (Å²) in [5.41, 5.74) is 1.82. The minimum atomic E-state index is -0.147. The van der Waals surface area contributed by atoms with Crippen molar-refractivity contribution in [1.82, 2.24) is 30.8 Å². The number of benzene rings is 2. The first-order chi connectivity index (χ1) is 15.6. The lowest BCUT2D eigenvalue weighted by atomic mass is 9.98. The molecule has 9 nitrogen and oxygen atoms in total. The molecular weight excluding hydrogens is 430 g/mol. The standard InChI is InChI=1S/C22H24ClN7O2/c23-17-8-9-18(21-26-28-29-27-21)19(11-17)25-20(31)14-30-10-4-5-15(13-30)12-24-22(32)16-6-2-1-3-7-16/h1-3,6-9,11,15H,4-5,10,12-14H2,(H,24,32)(H,25,31)(H,26,27,28,29). The Bertz CT molecular complexity index is 1060. The van der Waals surface area contributed by atoms with Gasteiger partial charge in [0.1, 0.15) is 0 Å². The summed E-state index contributed by atoms with van der Waals surface area (Å²) in [6.07, 6.45) is 1.99. The topological polar surface area (TPSA) is 116 Å². The highest BCUT2D eigenvalue weighted by Crippen LogP contribution is 2.28. The molecule has 1 atom stereocenters. The van der Waals surface area contributed by atoms with E-state index in [1.54, 1.807) is 30.3 Å².